The van der Waals surface area contributed by atoms with Crippen molar-refractivity contribution in [2.45, 2.75) is 38.6 Å². The lowest BCUT2D eigenvalue weighted by molar-refractivity contribution is 0.378. The summed E-state index contributed by atoms with van der Waals surface area (Å²) in [4.78, 5) is 0. The Bertz CT molecular complexity index is 426. The van der Waals surface area contributed by atoms with Crippen molar-refractivity contribution < 1.29 is 9.47 Å². The van der Waals surface area contributed by atoms with Crippen LogP contribution in [0.25, 0.3) is 0 Å². The summed E-state index contributed by atoms with van der Waals surface area (Å²) < 4.78 is 10.8. The minimum absolute atomic E-state index is 0.115. The quantitative estimate of drug-likeness (QED) is 0.852. The lowest BCUT2D eigenvalue weighted by Gasteiger charge is -2.38. The van der Waals surface area contributed by atoms with Crippen molar-refractivity contribution in [3.63, 3.8) is 0 Å². The van der Waals surface area contributed by atoms with Crippen LogP contribution < -0.4 is 14.8 Å². The maximum Gasteiger partial charge on any atom is 0.128 e. The van der Waals surface area contributed by atoms with Crippen LogP contribution in [0.15, 0.2) is 12.1 Å². The highest BCUT2D eigenvalue weighted by atomic mass is 16.5. The number of rotatable bonds is 2. The zero-order chi connectivity index (χ0) is 12.6. The number of anilines is 1. The van der Waals surface area contributed by atoms with Gasteiger partial charge < -0.3 is 14.8 Å². The first-order valence-electron chi connectivity index (χ1n) is 6.01. The van der Waals surface area contributed by atoms with Gasteiger partial charge in [-0.1, -0.05) is 6.92 Å². The molecule has 2 rings (SSSR count). The Morgan fingerprint density at radius 2 is 1.94 bits per heavy atom. The first-order valence-corrected chi connectivity index (χ1v) is 6.01. The van der Waals surface area contributed by atoms with Gasteiger partial charge in [0, 0.05) is 28.9 Å². The molecule has 0 aromatic heterocycles. The normalized spacial score (nSPS) is 21.4. The Labute approximate surface area is 103 Å². The van der Waals surface area contributed by atoms with Gasteiger partial charge in [0.1, 0.15) is 11.5 Å². The van der Waals surface area contributed by atoms with E-state index in [1.54, 1.807) is 14.2 Å². The number of hydrogen-bond acceptors (Lipinski definition) is 3. The smallest absolute Gasteiger partial charge is 0.128 e. The van der Waals surface area contributed by atoms with Gasteiger partial charge in [-0.05, 0) is 26.2 Å². The minimum atomic E-state index is 0.115. The van der Waals surface area contributed by atoms with Crippen molar-refractivity contribution in [2.75, 3.05) is 19.5 Å². The number of nitrogens with one attached hydrogen (secondary N) is 1. The molecular weight excluding hydrogens is 214 g/mol. The molecule has 1 aromatic carbocycles. The number of methoxy groups -OCH3 is 2. The van der Waals surface area contributed by atoms with Gasteiger partial charge in [-0.2, -0.15) is 0 Å². The molecule has 0 unspecified atom stereocenters. The molecule has 0 saturated heterocycles. The van der Waals surface area contributed by atoms with E-state index >= 15 is 0 Å². The first kappa shape index (κ1) is 12.1. The second-order valence-electron chi connectivity index (χ2n) is 5.40. The van der Waals surface area contributed by atoms with E-state index in [1.807, 2.05) is 6.07 Å². The predicted octanol–water partition coefficient (Wildman–Crippen LogP) is 3.40. The summed E-state index contributed by atoms with van der Waals surface area (Å²) in [6.07, 6.45) is 1.10. The summed E-state index contributed by atoms with van der Waals surface area (Å²) in [5.41, 5.74) is 2.50. The molecule has 0 bridgehead atoms. The fourth-order valence-electron chi connectivity index (χ4n) is 2.78. The Hall–Kier alpha value is -1.38. The molecule has 1 heterocycles. The summed E-state index contributed by atoms with van der Waals surface area (Å²) in [6.45, 7) is 6.69. The fourth-order valence-corrected chi connectivity index (χ4v) is 2.78. The molecule has 1 aromatic rings. The molecule has 0 amide bonds. The number of fused-ring (bicyclic) bond motifs is 1. The summed E-state index contributed by atoms with van der Waals surface area (Å²) >= 11 is 0. The van der Waals surface area contributed by atoms with Gasteiger partial charge in [0.15, 0.2) is 0 Å². The van der Waals surface area contributed by atoms with Crippen molar-refractivity contribution in [3.8, 4) is 11.5 Å². The van der Waals surface area contributed by atoms with E-state index in [1.165, 1.54) is 5.56 Å². The minimum Gasteiger partial charge on any atom is -0.497 e. The number of ether oxygens (including phenoxy) is 2. The molecule has 0 radical (unpaired) electrons. The lowest BCUT2D eigenvalue weighted by atomic mass is 9.81. The average molecular weight is 235 g/mol. The molecule has 3 nitrogen and oxygen atoms in total. The van der Waals surface area contributed by atoms with Crippen LogP contribution in [0.1, 0.15) is 38.7 Å². The van der Waals surface area contributed by atoms with Gasteiger partial charge in [-0.25, -0.2) is 0 Å². The zero-order valence-electron chi connectivity index (χ0n) is 11.3. The topological polar surface area (TPSA) is 30.5 Å². The first-order chi connectivity index (χ1) is 7.96. The van der Waals surface area contributed by atoms with Crippen LogP contribution in [0.2, 0.25) is 0 Å². The van der Waals surface area contributed by atoms with Crippen LogP contribution in [0.4, 0.5) is 5.69 Å². The molecule has 0 aliphatic carbocycles. The Balaban J connectivity index is 2.54. The molecule has 1 N–H and O–H groups in total. The fraction of sp³-hybridized carbons (Fsp3) is 0.571. The Morgan fingerprint density at radius 1 is 1.24 bits per heavy atom. The molecule has 1 aliphatic heterocycles. The van der Waals surface area contributed by atoms with Crippen molar-refractivity contribution in [3.05, 3.63) is 17.7 Å². The third-order valence-corrected chi connectivity index (χ3v) is 3.35. The van der Waals surface area contributed by atoms with Crippen LogP contribution in [0, 0.1) is 0 Å². The number of hydrogen-bond donors (Lipinski definition) is 1. The third-order valence-electron chi connectivity index (χ3n) is 3.35. The largest absolute Gasteiger partial charge is 0.497 e. The van der Waals surface area contributed by atoms with Gasteiger partial charge in [0.05, 0.1) is 14.2 Å². The highest BCUT2D eigenvalue weighted by Gasteiger charge is 2.31. The maximum atomic E-state index is 5.47. The average Bonchev–Trinajstić information content (AvgIpc) is 2.25. The van der Waals surface area contributed by atoms with E-state index in [9.17, 15) is 0 Å². The second kappa shape index (κ2) is 4.13. The van der Waals surface area contributed by atoms with Crippen molar-refractivity contribution in [2.24, 2.45) is 0 Å². The molecule has 17 heavy (non-hydrogen) atoms. The van der Waals surface area contributed by atoms with E-state index in [2.05, 4.69) is 32.2 Å². The molecule has 0 spiro atoms. The molecule has 1 atom stereocenters. The van der Waals surface area contributed by atoms with Crippen LogP contribution in [-0.2, 0) is 0 Å². The monoisotopic (exact) mass is 235 g/mol. The highest BCUT2D eigenvalue weighted by molar-refractivity contribution is 5.65. The van der Waals surface area contributed by atoms with Gasteiger partial charge in [0.25, 0.3) is 0 Å². The van der Waals surface area contributed by atoms with Crippen molar-refractivity contribution >= 4 is 5.69 Å². The second-order valence-corrected chi connectivity index (χ2v) is 5.40. The van der Waals surface area contributed by atoms with Crippen molar-refractivity contribution in [1.29, 1.82) is 0 Å². The van der Waals surface area contributed by atoms with E-state index in [0.29, 0.717) is 5.92 Å². The van der Waals surface area contributed by atoms with E-state index < -0.39 is 0 Å². The van der Waals surface area contributed by atoms with Gasteiger partial charge >= 0.3 is 0 Å². The molecule has 1 aliphatic rings. The summed E-state index contributed by atoms with van der Waals surface area (Å²) in [6, 6.07) is 4.00. The number of benzene rings is 1. The summed E-state index contributed by atoms with van der Waals surface area (Å²) in [5, 5.41) is 3.56. The molecule has 94 valence electrons. The van der Waals surface area contributed by atoms with Crippen molar-refractivity contribution in [1.82, 2.24) is 0 Å². The molecule has 3 heteroatoms. The standard InChI is InChI=1S/C14H21NO2/c1-9-8-14(2,3)15-11-6-10(16-4)7-12(17-5)13(9)11/h6-7,9,15H,8H2,1-5H3/t9-/m0/s1. The van der Waals surface area contributed by atoms with E-state index in [-0.39, 0.29) is 5.54 Å². The molecule has 0 saturated carbocycles. The summed E-state index contributed by atoms with van der Waals surface area (Å²) in [7, 11) is 3.39. The summed E-state index contributed by atoms with van der Waals surface area (Å²) in [5.74, 6) is 2.23. The Kier molecular flexibility index (Phi) is 2.94. The highest BCUT2D eigenvalue weighted by Crippen LogP contribution is 2.45. The third kappa shape index (κ3) is 2.19. The van der Waals surface area contributed by atoms with E-state index in [4.69, 9.17) is 9.47 Å². The maximum absolute atomic E-state index is 5.47. The molecule has 0 fully saturated rings. The van der Waals surface area contributed by atoms with Crippen LogP contribution in [0.3, 0.4) is 0 Å². The van der Waals surface area contributed by atoms with Crippen LogP contribution in [0.5, 0.6) is 11.5 Å². The SMILES string of the molecule is COc1cc2c(c(OC)c1)[C@@H](C)CC(C)(C)N2. The molecular formula is C14H21NO2. The van der Waals surface area contributed by atoms with Gasteiger partial charge in [0.2, 0.25) is 0 Å². The Morgan fingerprint density at radius 3 is 2.53 bits per heavy atom. The lowest BCUT2D eigenvalue weighted by Crippen LogP contribution is -2.36. The van der Waals surface area contributed by atoms with E-state index in [0.717, 1.165) is 23.6 Å². The van der Waals surface area contributed by atoms with Gasteiger partial charge in [-0.3, -0.25) is 0 Å². The zero-order valence-corrected chi connectivity index (χ0v) is 11.3. The van der Waals surface area contributed by atoms with Crippen LogP contribution in [-0.4, -0.2) is 19.8 Å². The van der Waals surface area contributed by atoms with Gasteiger partial charge in [-0.15, -0.1) is 0 Å². The predicted molar refractivity (Wildman–Crippen MR) is 70.3 cm³/mol. The van der Waals surface area contributed by atoms with Crippen LogP contribution >= 0.6 is 0 Å².